The molecular formula is C36H25NOS. The van der Waals surface area contributed by atoms with E-state index < -0.39 is 0 Å². The molecule has 3 heteroatoms. The Morgan fingerprint density at radius 2 is 0.821 bits per heavy atom. The van der Waals surface area contributed by atoms with Gasteiger partial charge in [-0.3, -0.25) is 0 Å². The molecule has 0 aliphatic heterocycles. The Hall–Kier alpha value is -4.86. The summed E-state index contributed by atoms with van der Waals surface area (Å²) in [6.45, 7) is 0. The molecule has 0 aliphatic rings. The number of benzene rings is 6. The minimum Gasteiger partial charge on any atom is -0.471 e. The third-order valence-corrected chi connectivity index (χ3v) is 7.88. The van der Waals surface area contributed by atoms with Crippen LogP contribution >= 0.6 is 11.3 Å². The smallest absolute Gasteiger partial charge is 0.0981 e. The Morgan fingerprint density at radius 1 is 0.410 bits per heavy atom. The second kappa shape index (κ2) is 10.1. The maximum atomic E-state index is 5.14. The van der Waals surface area contributed by atoms with Crippen LogP contribution in [-0.4, -0.2) is 4.98 Å². The third kappa shape index (κ3) is 4.76. The van der Waals surface area contributed by atoms with Crippen molar-refractivity contribution in [3.8, 4) is 0 Å². The van der Waals surface area contributed by atoms with Crippen LogP contribution in [0.4, 0.5) is 0 Å². The van der Waals surface area contributed by atoms with Gasteiger partial charge in [-0.15, -0.1) is 0 Å². The van der Waals surface area contributed by atoms with E-state index >= 15 is 0 Å². The zero-order chi connectivity index (χ0) is 26.0. The van der Waals surface area contributed by atoms with Crippen LogP contribution in [0.5, 0.6) is 0 Å². The fraction of sp³-hybridized carbons (Fsp3) is 0. The maximum absolute atomic E-state index is 5.14. The van der Waals surface area contributed by atoms with E-state index in [-0.39, 0.29) is 0 Å². The molecule has 0 fully saturated rings. The Morgan fingerprint density at radius 3 is 1.31 bits per heavy atom. The summed E-state index contributed by atoms with van der Waals surface area (Å²) in [4.78, 5) is 3.21. The van der Waals surface area contributed by atoms with Gasteiger partial charge in [-0.1, -0.05) is 72.8 Å². The van der Waals surface area contributed by atoms with Crippen LogP contribution in [0.15, 0.2) is 149 Å². The molecule has 0 amide bonds. The molecule has 2 nitrogen and oxygen atoms in total. The number of H-pyrrole nitrogens is 1. The molecule has 3 heterocycles. The number of fused-ring (bicyclic) bond motifs is 6. The standard InChI is InChI=1S/C12H9N.C12H8O.C12H8S/c1-2-4-10-8-12-11(5-6-13-12)7-9(10)3-1;2*1-2-4-10-6-12-8-13-7-11(12)5-9(10)3-1/h1-8,13H;2*1-8H. The van der Waals surface area contributed by atoms with Crippen molar-refractivity contribution >= 4 is 76.1 Å². The summed E-state index contributed by atoms with van der Waals surface area (Å²) in [5.41, 5.74) is 1.21. The van der Waals surface area contributed by atoms with Crippen molar-refractivity contribution in [2.24, 2.45) is 0 Å². The maximum Gasteiger partial charge on any atom is 0.0981 e. The minimum atomic E-state index is 1.17. The number of nitrogens with one attached hydrogen (secondary N) is 1. The van der Waals surface area contributed by atoms with Gasteiger partial charge in [-0.05, 0) is 102 Å². The molecular weight excluding hydrogens is 494 g/mol. The lowest BCUT2D eigenvalue weighted by molar-refractivity contribution is 0.572. The number of furan rings is 1. The van der Waals surface area contributed by atoms with E-state index in [2.05, 4.69) is 119 Å². The summed E-state index contributed by atoms with van der Waals surface area (Å²) in [6, 6.07) is 40.5. The first-order chi connectivity index (χ1) is 19.3. The number of aromatic nitrogens is 1. The van der Waals surface area contributed by atoms with Crippen LogP contribution in [0.1, 0.15) is 0 Å². The predicted molar refractivity (Wildman–Crippen MR) is 169 cm³/mol. The normalized spacial score (nSPS) is 11.1. The fourth-order valence-electron chi connectivity index (χ4n) is 5.06. The highest BCUT2D eigenvalue weighted by Crippen LogP contribution is 2.26. The highest BCUT2D eigenvalue weighted by atomic mass is 32.1. The minimum absolute atomic E-state index is 1.17. The van der Waals surface area contributed by atoms with E-state index in [1.54, 1.807) is 23.9 Å². The second-order valence-corrected chi connectivity index (χ2v) is 10.4. The predicted octanol–water partition coefficient (Wildman–Crippen LogP) is 11.0. The largest absolute Gasteiger partial charge is 0.471 e. The SMILES string of the molecule is c1ccc2cc3[nH]ccc3cc2c1.c1ccc2cc3cocc3cc2c1.c1ccc2cc3cscc3cc2c1. The van der Waals surface area contributed by atoms with Gasteiger partial charge < -0.3 is 9.40 Å². The molecule has 3 aromatic heterocycles. The topological polar surface area (TPSA) is 28.9 Å². The summed E-state index contributed by atoms with van der Waals surface area (Å²) < 4.78 is 5.14. The van der Waals surface area contributed by atoms with E-state index in [9.17, 15) is 0 Å². The van der Waals surface area contributed by atoms with Crippen molar-refractivity contribution in [3.63, 3.8) is 0 Å². The van der Waals surface area contributed by atoms with Gasteiger partial charge in [0.25, 0.3) is 0 Å². The monoisotopic (exact) mass is 519 g/mol. The number of hydrogen-bond donors (Lipinski definition) is 1. The lowest BCUT2D eigenvalue weighted by atomic mass is 10.1. The van der Waals surface area contributed by atoms with Gasteiger partial charge >= 0.3 is 0 Å². The van der Waals surface area contributed by atoms with Crippen molar-refractivity contribution < 1.29 is 4.42 Å². The van der Waals surface area contributed by atoms with E-state index in [1.807, 2.05) is 18.3 Å². The second-order valence-electron chi connectivity index (χ2n) is 9.66. The lowest BCUT2D eigenvalue weighted by Crippen LogP contribution is -1.72. The summed E-state index contributed by atoms with van der Waals surface area (Å²) in [6.07, 6.45) is 5.53. The molecule has 0 bridgehead atoms. The van der Waals surface area contributed by atoms with Crippen LogP contribution in [0, 0.1) is 0 Å². The number of hydrogen-bond acceptors (Lipinski definition) is 2. The highest BCUT2D eigenvalue weighted by molar-refractivity contribution is 7.09. The average molecular weight is 520 g/mol. The van der Waals surface area contributed by atoms with Crippen molar-refractivity contribution in [1.29, 1.82) is 0 Å². The molecule has 1 N–H and O–H groups in total. The average Bonchev–Trinajstić information content (AvgIpc) is 3.74. The molecule has 0 aliphatic carbocycles. The van der Waals surface area contributed by atoms with Crippen LogP contribution in [0.25, 0.3) is 64.8 Å². The molecule has 0 radical (unpaired) electrons. The Kier molecular flexibility index (Phi) is 6.04. The van der Waals surface area contributed by atoms with Crippen molar-refractivity contribution in [2.75, 3.05) is 0 Å². The molecule has 0 unspecified atom stereocenters. The summed E-state index contributed by atoms with van der Waals surface area (Å²) >= 11 is 1.76. The van der Waals surface area contributed by atoms with Gasteiger partial charge in [0.2, 0.25) is 0 Å². The molecule has 186 valence electrons. The zero-order valence-electron chi connectivity index (χ0n) is 21.2. The van der Waals surface area contributed by atoms with E-state index in [0.29, 0.717) is 0 Å². The summed E-state index contributed by atoms with van der Waals surface area (Å²) in [7, 11) is 0. The van der Waals surface area contributed by atoms with E-state index in [4.69, 9.17) is 4.42 Å². The molecule has 9 aromatic rings. The van der Waals surface area contributed by atoms with Gasteiger partial charge in [-0.25, -0.2) is 0 Å². The van der Waals surface area contributed by atoms with Crippen molar-refractivity contribution in [1.82, 2.24) is 4.98 Å². The number of rotatable bonds is 0. The number of thiophene rings is 1. The Balaban J connectivity index is 0.0000000974. The van der Waals surface area contributed by atoms with E-state index in [1.165, 1.54) is 64.8 Å². The first-order valence-electron chi connectivity index (χ1n) is 13.0. The van der Waals surface area contributed by atoms with E-state index in [0.717, 1.165) is 0 Å². The van der Waals surface area contributed by atoms with Crippen molar-refractivity contribution in [3.05, 3.63) is 145 Å². The zero-order valence-corrected chi connectivity index (χ0v) is 22.0. The molecule has 0 saturated carbocycles. The van der Waals surface area contributed by atoms with Crippen molar-refractivity contribution in [2.45, 2.75) is 0 Å². The third-order valence-electron chi connectivity index (χ3n) is 7.10. The molecule has 39 heavy (non-hydrogen) atoms. The first kappa shape index (κ1) is 23.3. The summed E-state index contributed by atoms with van der Waals surface area (Å²) in [5, 5.41) is 18.5. The Bertz CT molecular complexity index is 1800. The Labute approximate surface area is 229 Å². The fourth-order valence-corrected chi connectivity index (χ4v) is 5.83. The quantitative estimate of drug-likeness (QED) is 0.212. The van der Waals surface area contributed by atoms with Gasteiger partial charge in [0.1, 0.15) is 0 Å². The van der Waals surface area contributed by atoms with Gasteiger partial charge in [0.05, 0.1) is 12.5 Å². The first-order valence-corrected chi connectivity index (χ1v) is 13.9. The van der Waals surface area contributed by atoms with Gasteiger partial charge in [0, 0.05) is 22.5 Å². The molecule has 0 saturated heterocycles. The molecule has 0 spiro atoms. The van der Waals surface area contributed by atoms with Crippen LogP contribution in [0.3, 0.4) is 0 Å². The molecule has 0 atom stereocenters. The summed E-state index contributed by atoms with van der Waals surface area (Å²) in [5.74, 6) is 0. The molecule has 9 rings (SSSR count). The van der Waals surface area contributed by atoms with Gasteiger partial charge in [-0.2, -0.15) is 11.3 Å². The van der Waals surface area contributed by atoms with Crippen LogP contribution < -0.4 is 0 Å². The highest BCUT2D eigenvalue weighted by Gasteiger charge is 1.99. The van der Waals surface area contributed by atoms with Crippen LogP contribution in [0.2, 0.25) is 0 Å². The lowest BCUT2D eigenvalue weighted by Gasteiger charge is -1.96. The number of aromatic amines is 1. The molecule has 6 aromatic carbocycles. The van der Waals surface area contributed by atoms with Crippen LogP contribution in [-0.2, 0) is 0 Å². The van der Waals surface area contributed by atoms with Gasteiger partial charge in [0.15, 0.2) is 0 Å².